The van der Waals surface area contributed by atoms with E-state index in [1.807, 2.05) is 36.4 Å². The van der Waals surface area contributed by atoms with Crippen molar-refractivity contribution in [2.45, 2.75) is 26.3 Å². The van der Waals surface area contributed by atoms with Gasteiger partial charge in [0.25, 0.3) is 0 Å². The molecule has 0 radical (unpaired) electrons. The number of hydrogen-bond acceptors (Lipinski definition) is 3. The van der Waals surface area contributed by atoms with Gasteiger partial charge in [0.2, 0.25) is 11.8 Å². The van der Waals surface area contributed by atoms with Gasteiger partial charge in [-0.1, -0.05) is 29.8 Å². The molecule has 3 rings (SSSR count). The number of nitrogens with one attached hydrogen (secondary N) is 2. The fourth-order valence-corrected chi connectivity index (χ4v) is 3.51. The first-order valence-corrected chi connectivity index (χ1v) is 9.53. The number of carbonyl (C=O) groups excluding carboxylic acids is 2. The average Bonchev–Trinajstić information content (AvgIpc) is 2.64. The zero-order valence-corrected chi connectivity index (χ0v) is 16.1. The van der Waals surface area contributed by atoms with Gasteiger partial charge in [0.05, 0.1) is 5.92 Å². The van der Waals surface area contributed by atoms with Crippen LogP contribution >= 0.6 is 11.6 Å². The summed E-state index contributed by atoms with van der Waals surface area (Å²) in [6.45, 7) is 4.01. The fourth-order valence-electron chi connectivity index (χ4n) is 3.38. The Balaban J connectivity index is 1.58. The second-order valence-corrected chi connectivity index (χ2v) is 7.39. The average molecular weight is 386 g/mol. The van der Waals surface area contributed by atoms with Crippen molar-refractivity contribution >= 4 is 34.8 Å². The lowest BCUT2D eigenvalue weighted by Crippen LogP contribution is -2.40. The predicted octanol–water partition coefficient (Wildman–Crippen LogP) is 4.15. The first kappa shape index (κ1) is 19.4. The molecule has 0 unspecified atom stereocenters. The van der Waals surface area contributed by atoms with E-state index in [9.17, 15) is 9.59 Å². The van der Waals surface area contributed by atoms with Gasteiger partial charge in [-0.15, -0.1) is 0 Å². The Labute approximate surface area is 164 Å². The Bertz CT molecular complexity index is 807. The zero-order chi connectivity index (χ0) is 19.2. The van der Waals surface area contributed by atoms with Gasteiger partial charge in [-0.05, 0) is 55.3 Å². The minimum atomic E-state index is -0.136. The van der Waals surface area contributed by atoms with Crippen LogP contribution < -0.4 is 10.6 Å². The van der Waals surface area contributed by atoms with E-state index in [1.165, 1.54) is 12.5 Å². The molecule has 0 saturated carbocycles. The molecular formula is C21H24ClN3O2. The number of likely N-dealkylation sites (tertiary alicyclic amines) is 1. The Morgan fingerprint density at radius 2 is 1.81 bits per heavy atom. The highest BCUT2D eigenvalue weighted by molar-refractivity contribution is 6.30. The molecule has 1 atom stereocenters. The number of carbonyl (C=O) groups is 2. The van der Waals surface area contributed by atoms with Crippen LogP contribution in [-0.2, 0) is 16.1 Å². The summed E-state index contributed by atoms with van der Waals surface area (Å²) in [6, 6.07) is 15.1. The number of halogens is 1. The highest BCUT2D eigenvalue weighted by Gasteiger charge is 2.25. The predicted molar refractivity (Wildman–Crippen MR) is 109 cm³/mol. The summed E-state index contributed by atoms with van der Waals surface area (Å²) >= 11 is 5.95. The minimum absolute atomic E-state index is 0.0239. The van der Waals surface area contributed by atoms with E-state index in [1.54, 1.807) is 12.1 Å². The third-order valence-corrected chi connectivity index (χ3v) is 4.90. The lowest BCUT2D eigenvalue weighted by Gasteiger charge is -2.32. The Hall–Kier alpha value is -2.37. The van der Waals surface area contributed by atoms with Crippen LogP contribution in [0.1, 0.15) is 25.3 Å². The number of hydrogen-bond donors (Lipinski definition) is 2. The molecule has 2 aromatic carbocycles. The number of nitrogens with zero attached hydrogens (tertiary/aromatic N) is 1. The molecule has 1 aliphatic heterocycles. The van der Waals surface area contributed by atoms with E-state index in [2.05, 4.69) is 15.5 Å². The second kappa shape index (κ2) is 9.02. The van der Waals surface area contributed by atoms with E-state index in [4.69, 9.17) is 11.6 Å². The molecule has 2 amide bonds. The maximum absolute atomic E-state index is 12.7. The molecule has 0 aromatic heterocycles. The second-order valence-electron chi connectivity index (χ2n) is 6.95. The number of piperidine rings is 1. The smallest absolute Gasteiger partial charge is 0.228 e. The van der Waals surface area contributed by atoms with Crippen molar-refractivity contribution in [1.82, 2.24) is 4.90 Å². The van der Waals surface area contributed by atoms with Gasteiger partial charge >= 0.3 is 0 Å². The summed E-state index contributed by atoms with van der Waals surface area (Å²) in [5, 5.41) is 6.44. The van der Waals surface area contributed by atoms with Gasteiger partial charge in [-0.25, -0.2) is 0 Å². The summed E-state index contributed by atoms with van der Waals surface area (Å²) in [5.41, 5.74) is 2.57. The third-order valence-electron chi connectivity index (χ3n) is 4.65. The van der Waals surface area contributed by atoms with Crippen LogP contribution in [-0.4, -0.2) is 29.8 Å². The van der Waals surface area contributed by atoms with Crippen LogP contribution in [0, 0.1) is 5.92 Å². The number of benzene rings is 2. The van der Waals surface area contributed by atoms with E-state index in [0.29, 0.717) is 11.4 Å². The van der Waals surface area contributed by atoms with Crippen molar-refractivity contribution in [1.29, 1.82) is 0 Å². The molecule has 6 heteroatoms. The van der Waals surface area contributed by atoms with Gasteiger partial charge in [0.1, 0.15) is 0 Å². The first-order valence-electron chi connectivity index (χ1n) is 9.15. The molecule has 2 N–H and O–H groups in total. The molecule has 1 heterocycles. The van der Waals surface area contributed by atoms with Crippen LogP contribution in [0.4, 0.5) is 11.4 Å². The molecule has 1 fully saturated rings. The van der Waals surface area contributed by atoms with Gasteiger partial charge in [0.15, 0.2) is 0 Å². The lowest BCUT2D eigenvalue weighted by molar-refractivity contribution is -0.121. The summed E-state index contributed by atoms with van der Waals surface area (Å²) in [7, 11) is 0. The van der Waals surface area contributed by atoms with Gasteiger partial charge in [-0.2, -0.15) is 0 Å². The monoisotopic (exact) mass is 385 g/mol. The van der Waals surface area contributed by atoms with Crippen LogP contribution in [0.2, 0.25) is 5.02 Å². The molecule has 0 bridgehead atoms. The van der Waals surface area contributed by atoms with Crippen LogP contribution in [0.15, 0.2) is 48.5 Å². The molecule has 1 saturated heterocycles. The van der Waals surface area contributed by atoms with Crippen molar-refractivity contribution in [2.75, 3.05) is 23.7 Å². The summed E-state index contributed by atoms with van der Waals surface area (Å²) in [4.78, 5) is 26.2. The summed E-state index contributed by atoms with van der Waals surface area (Å²) < 4.78 is 0. The Morgan fingerprint density at radius 1 is 1.11 bits per heavy atom. The van der Waals surface area contributed by atoms with Crippen molar-refractivity contribution in [3.05, 3.63) is 59.1 Å². The molecular weight excluding hydrogens is 362 g/mol. The molecule has 142 valence electrons. The largest absolute Gasteiger partial charge is 0.326 e. The molecule has 1 aliphatic rings. The highest BCUT2D eigenvalue weighted by Crippen LogP contribution is 2.22. The number of rotatable bonds is 5. The van der Waals surface area contributed by atoms with E-state index in [-0.39, 0.29) is 17.7 Å². The Morgan fingerprint density at radius 3 is 2.52 bits per heavy atom. The lowest BCUT2D eigenvalue weighted by atomic mass is 9.96. The summed E-state index contributed by atoms with van der Waals surface area (Å²) in [5.74, 6) is -0.158. The maximum Gasteiger partial charge on any atom is 0.228 e. The zero-order valence-electron chi connectivity index (χ0n) is 15.4. The van der Waals surface area contributed by atoms with E-state index < -0.39 is 0 Å². The standard InChI is InChI=1S/C21H24ClN3O2/c1-15(26)23-19-5-2-6-20(12-19)24-21(27)17-4-3-11-25(14-17)13-16-7-9-18(22)10-8-16/h2,5-10,12,17H,3-4,11,13-14H2,1H3,(H,23,26)(H,24,27)/t17-/m1/s1. The van der Waals surface area contributed by atoms with Gasteiger partial charge < -0.3 is 10.6 Å². The molecule has 0 spiro atoms. The molecule has 0 aliphatic carbocycles. The SMILES string of the molecule is CC(=O)Nc1cccc(NC(=O)[C@@H]2CCCN(Cc3ccc(Cl)cc3)C2)c1. The van der Waals surface area contributed by atoms with Crippen molar-refractivity contribution in [3.63, 3.8) is 0 Å². The minimum Gasteiger partial charge on any atom is -0.326 e. The first-order chi connectivity index (χ1) is 13.0. The maximum atomic E-state index is 12.7. The van der Waals surface area contributed by atoms with Crippen molar-refractivity contribution < 1.29 is 9.59 Å². The van der Waals surface area contributed by atoms with Crippen LogP contribution in [0.5, 0.6) is 0 Å². The van der Waals surface area contributed by atoms with Gasteiger partial charge in [0, 0.05) is 36.4 Å². The van der Waals surface area contributed by atoms with E-state index in [0.717, 1.165) is 37.5 Å². The van der Waals surface area contributed by atoms with Crippen molar-refractivity contribution in [3.8, 4) is 0 Å². The van der Waals surface area contributed by atoms with Crippen LogP contribution in [0.3, 0.4) is 0 Å². The molecule has 2 aromatic rings. The fraction of sp³-hybridized carbons (Fsp3) is 0.333. The Kier molecular flexibility index (Phi) is 6.48. The summed E-state index contributed by atoms with van der Waals surface area (Å²) in [6.07, 6.45) is 1.88. The molecule has 27 heavy (non-hydrogen) atoms. The van der Waals surface area contributed by atoms with Crippen LogP contribution in [0.25, 0.3) is 0 Å². The highest BCUT2D eigenvalue weighted by atomic mass is 35.5. The topological polar surface area (TPSA) is 61.4 Å². The van der Waals surface area contributed by atoms with E-state index >= 15 is 0 Å². The number of anilines is 2. The van der Waals surface area contributed by atoms with Crippen molar-refractivity contribution in [2.24, 2.45) is 5.92 Å². The number of amides is 2. The normalized spacial score (nSPS) is 17.3. The molecule has 5 nitrogen and oxygen atoms in total. The quantitative estimate of drug-likeness (QED) is 0.812. The third kappa shape index (κ3) is 5.81. The van der Waals surface area contributed by atoms with Gasteiger partial charge in [-0.3, -0.25) is 14.5 Å².